The normalized spacial score (nSPS) is 12.0. The van der Waals surface area contributed by atoms with Crippen molar-refractivity contribution in [3.8, 4) is 11.1 Å². The molecule has 122 valence electrons. The Bertz CT molecular complexity index is 620. The molecule has 0 fully saturated rings. The zero-order valence-electron chi connectivity index (χ0n) is 14.3. The maximum absolute atomic E-state index is 12.1. The molecule has 0 aromatic heterocycles. The van der Waals surface area contributed by atoms with Crippen molar-refractivity contribution < 1.29 is 9.53 Å². The van der Waals surface area contributed by atoms with Gasteiger partial charge in [-0.25, -0.2) is 4.79 Å². The SMILES string of the molecule is COC(=O)C(CC(C)C)N(C)c1ccc(-c2ccccc2)cc1. The number of carbonyl (C=O) groups excluding carboxylic acids is 1. The highest BCUT2D eigenvalue weighted by atomic mass is 16.5. The maximum atomic E-state index is 12.1. The number of carbonyl (C=O) groups is 1. The first-order chi connectivity index (χ1) is 11.0. The van der Waals surface area contributed by atoms with Crippen LogP contribution in [0, 0.1) is 5.92 Å². The molecule has 0 bridgehead atoms. The minimum atomic E-state index is -0.262. The molecular weight excluding hydrogens is 286 g/mol. The van der Waals surface area contributed by atoms with Gasteiger partial charge in [0.15, 0.2) is 0 Å². The third-order valence-electron chi connectivity index (χ3n) is 4.02. The Morgan fingerprint density at radius 3 is 2.09 bits per heavy atom. The zero-order valence-corrected chi connectivity index (χ0v) is 14.3. The van der Waals surface area contributed by atoms with Crippen molar-refractivity contribution in [1.29, 1.82) is 0 Å². The molecule has 2 aromatic carbocycles. The van der Waals surface area contributed by atoms with Crippen LogP contribution in [-0.2, 0) is 9.53 Å². The van der Waals surface area contributed by atoms with Gasteiger partial charge in [-0.05, 0) is 35.6 Å². The highest BCUT2D eigenvalue weighted by molar-refractivity contribution is 5.80. The summed E-state index contributed by atoms with van der Waals surface area (Å²) >= 11 is 0. The minimum Gasteiger partial charge on any atom is -0.467 e. The van der Waals surface area contributed by atoms with Crippen LogP contribution in [0.15, 0.2) is 54.6 Å². The zero-order chi connectivity index (χ0) is 16.8. The van der Waals surface area contributed by atoms with Crippen molar-refractivity contribution in [2.45, 2.75) is 26.3 Å². The van der Waals surface area contributed by atoms with E-state index in [0.29, 0.717) is 5.92 Å². The molecule has 1 unspecified atom stereocenters. The molecule has 23 heavy (non-hydrogen) atoms. The van der Waals surface area contributed by atoms with Gasteiger partial charge in [0.1, 0.15) is 6.04 Å². The smallest absolute Gasteiger partial charge is 0.328 e. The van der Waals surface area contributed by atoms with Crippen LogP contribution in [0.1, 0.15) is 20.3 Å². The quantitative estimate of drug-likeness (QED) is 0.742. The molecule has 3 nitrogen and oxygen atoms in total. The van der Waals surface area contributed by atoms with E-state index in [2.05, 4.69) is 50.2 Å². The van der Waals surface area contributed by atoms with E-state index in [9.17, 15) is 4.79 Å². The van der Waals surface area contributed by atoms with E-state index in [1.165, 1.54) is 18.2 Å². The van der Waals surface area contributed by atoms with Gasteiger partial charge < -0.3 is 9.64 Å². The fourth-order valence-electron chi connectivity index (χ4n) is 2.69. The van der Waals surface area contributed by atoms with E-state index in [0.717, 1.165) is 12.1 Å². The molecule has 1 atom stereocenters. The monoisotopic (exact) mass is 311 g/mol. The molecule has 0 saturated carbocycles. The molecular formula is C20H25NO2. The van der Waals surface area contributed by atoms with Crippen molar-refractivity contribution in [2.24, 2.45) is 5.92 Å². The first kappa shape index (κ1) is 17.1. The second-order valence-corrected chi connectivity index (χ2v) is 6.19. The third-order valence-corrected chi connectivity index (χ3v) is 4.02. The summed E-state index contributed by atoms with van der Waals surface area (Å²) in [5.41, 5.74) is 3.37. The Morgan fingerprint density at radius 1 is 1.00 bits per heavy atom. The van der Waals surface area contributed by atoms with Crippen LogP contribution in [0.3, 0.4) is 0 Å². The van der Waals surface area contributed by atoms with E-state index in [1.807, 2.05) is 30.1 Å². The summed E-state index contributed by atoms with van der Waals surface area (Å²) in [6.45, 7) is 4.23. The van der Waals surface area contributed by atoms with Gasteiger partial charge >= 0.3 is 5.97 Å². The number of likely N-dealkylation sites (N-methyl/N-ethyl adjacent to an activating group) is 1. The lowest BCUT2D eigenvalue weighted by molar-refractivity contribution is -0.142. The van der Waals surface area contributed by atoms with Crippen LogP contribution in [-0.4, -0.2) is 26.2 Å². The number of ether oxygens (including phenoxy) is 1. The summed E-state index contributed by atoms with van der Waals surface area (Å²) in [5.74, 6) is 0.235. The number of hydrogen-bond donors (Lipinski definition) is 0. The number of hydrogen-bond acceptors (Lipinski definition) is 3. The molecule has 0 aliphatic rings. The van der Waals surface area contributed by atoms with Gasteiger partial charge in [0.2, 0.25) is 0 Å². The molecule has 0 heterocycles. The summed E-state index contributed by atoms with van der Waals surface area (Å²) in [4.78, 5) is 14.1. The van der Waals surface area contributed by atoms with Gasteiger partial charge in [0.05, 0.1) is 7.11 Å². The first-order valence-corrected chi connectivity index (χ1v) is 7.99. The van der Waals surface area contributed by atoms with Crippen molar-refractivity contribution in [2.75, 3.05) is 19.1 Å². The molecule has 0 aliphatic heterocycles. The van der Waals surface area contributed by atoms with Crippen LogP contribution in [0.5, 0.6) is 0 Å². The van der Waals surface area contributed by atoms with E-state index in [1.54, 1.807) is 0 Å². The van der Waals surface area contributed by atoms with Gasteiger partial charge in [0, 0.05) is 12.7 Å². The van der Waals surface area contributed by atoms with Crippen LogP contribution in [0.4, 0.5) is 5.69 Å². The van der Waals surface area contributed by atoms with Crippen LogP contribution in [0.25, 0.3) is 11.1 Å². The van der Waals surface area contributed by atoms with Gasteiger partial charge in [-0.15, -0.1) is 0 Å². The van der Waals surface area contributed by atoms with E-state index in [4.69, 9.17) is 4.74 Å². The molecule has 0 radical (unpaired) electrons. The van der Waals surface area contributed by atoms with Crippen LogP contribution >= 0.6 is 0 Å². The predicted octanol–water partition coefficient (Wildman–Crippen LogP) is 4.38. The molecule has 0 saturated heterocycles. The molecule has 0 N–H and O–H groups in total. The standard InChI is InChI=1S/C20H25NO2/c1-15(2)14-19(20(22)23-4)21(3)18-12-10-17(11-13-18)16-8-6-5-7-9-16/h5-13,15,19H,14H2,1-4H3. The van der Waals surface area contributed by atoms with Gasteiger partial charge in [-0.1, -0.05) is 56.3 Å². The number of benzene rings is 2. The predicted molar refractivity (Wildman–Crippen MR) is 95.5 cm³/mol. The van der Waals surface area contributed by atoms with Crippen molar-refractivity contribution in [3.63, 3.8) is 0 Å². The number of esters is 1. The lowest BCUT2D eigenvalue weighted by Gasteiger charge is -2.29. The lowest BCUT2D eigenvalue weighted by atomic mass is 10.0. The highest BCUT2D eigenvalue weighted by Gasteiger charge is 2.25. The maximum Gasteiger partial charge on any atom is 0.328 e. The molecule has 0 aliphatic carbocycles. The highest BCUT2D eigenvalue weighted by Crippen LogP contribution is 2.25. The van der Waals surface area contributed by atoms with Gasteiger partial charge in [-0.3, -0.25) is 0 Å². The number of methoxy groups -OCH3 is 1. The fraction of sp³-hybridized carbons (Fsp3) is 0.350. The number of anilines is 1. The van der Waals surface area contributed by atoms with Crippen molar-refractivity contribution in [1.82, 2.24) is 0 Å². The third kappa shape index (κ3) is 4.35. The summed E-state index contributed by atoms with van der Waals surface area (Å²) in [5, 5.41) is 0. The van der Waals surface area contributed by atoms with Crippen molar-refractivity contribution in [3.05, 3.63) is 54.6 Å². The van der Waals surface area contributed by atoms with E-state index in [-0.39, 0.29) is 12.0 Å². The second-order valence-electron chi connectivity index (χ2n) is 6.19. The molecule has 0 amide bonds. The summed E-state index contributed by atoms with van der Waals surface area (Å²) in [7, 11) is 3.39. The second kappa shape index (κ2) is 7.82. The Labute approximate surface area is 138 Å². The Kier molecular flexibility index (Phi) is 5.80. The summed E-state index contributed by atoms with van der Waals surface area (Å²) in [6.07, 6.45) is 0.767. The average Bonchev–Trinajstić information content (AvgIpc) is 2.59. The fourth-order valence-corrected chi connectivity index (χ4v) is 2.69. The lowest BCUT2D eigenvalue weighted by Crippen LogP contribution is -2.40. The Hall–Kier alpha value is -2.29. The molecule has 2 aromatic rings. The van der Waals surface area contributed by atoms with Gasteiger partial charge in [-0.2, -0.15) is 0 Å². The van der Waals surface area contributed by atoms with Crippen LogP contribution < -0.4 is 4.90 Å². The minimum absolute atomic E-state index is 0.187. The van der Waals surface area contributed by atoms with Crippen LogP contribution in [0.2, 0.25) is 0 Å². The van der Waals surface area contributed by atoms with E-state index >= 15 is 0 Å². The topological polar surface area (TPSA) is 29.5 Å². The molecule has 3 heteroatoms. The average molecular weight is 311 g/mol. The number of rotatable bonds is 6. The molecule has 0 spiro atoms. The van der Waals surface area contributed by atoms with Gasteiger partial charge in [0.25, 0.3) is 0 Å². The summed E-state index contributed by atoms with van der Waals surface area (Å²) in [6, 6.07) is 18.3. The molecule has 2 rings (SSSR count). The Balaban J connectivity index is 2.21. The van der Waals surface area contributed by atoms with E-state index < -0.39 is 0 Å². The Morgan fingerprint density at radius 2 is 1.57 bits per heavy atom. The van der Waals surface area contributed by atoms with Crippen molar-refractivity contribution >= 4 is 11.7 Å². The number of nitrogens with zero attached hydrogens (tertiary/aromatic N) is 1. The summed E-state index contributed by atoms with van der Waals surface area (Å²) < 4.78 is 4.97. The first-order valence-electron chi connectivity index (χ1n) is 7.99. The largest absolute Gasteiger partial charge is 0.467 e.